The molecule has 0 spiro atoms. The van der Waals surface area contributed by atoms with Crippen molar-refractivity contribution in [2.45, 2.75) is 48.8 Å². The fourth-order valence-electron chi connectivity index (χ4n) is 3.46. The molecule has 0 aliphatic carbocycles. The highest BCUT2D eigenvalue weighted by molar-refractivity contribution is 8.00. The van der Waals surface area contributed by atoms with Gasteiger partial charge in [0.2, 0.25) is 0 Å². The quantitative estimate of drug-likeness (QED) is 0.897. The fourth-order valence-corrected chi connectivity index (χ4v) is 4.81. The lowest BCUT2D eigenvalue weighted by molar-refractivity contribution is 0.147. The van der Waals surface area contributed by atoms with Crippen LogP contribution in [0.4, 0.5) is 0 Å². The Morgan fingerprint density at radius 1 is 1.30 bits per heavy atom. The first-order chi connectivity index (χ1) is 9.86. The molecular weight excluding hydrogens is 264 g/mol. The maximum atomic E-state index is 3.54. The van der Waals surface area contributed by atoms with E-state index in [2.05, 4.69) is 53.2 Å². The van der Waals surface area contributed by atoms with Crippen molar-refractivity contribution >= 4 is 11.8 Å². The summed E-state index contributed by atoms with van der Waals surface area (Å²) in [6.07, 6.45) is 5.42. The van der Waals surface area contributed by atoms with Gasteiger partial charge in [-0.2, -0.15) is 0 Å². The number of nitrogens with zero attached hydrogens (tertiary/aromatic N) is 1. The summed E-state index contributed by atoms with van der Waals surface area (Å²) in [7, 11) is 0. The number of likely N-dealkylation sites (tertiary alicyclic amines) is 1. The Labute approximate surface area is 127 Å². The lowest BCUT2D eigenvalue weighted by atomic mass is 10.0. The summed E-state index contributed by atoms with van der Waals surface area (Å²) in [5.41, 5.74) is 1.56. The van der Waals surface area contributed by atoms with E-state index in [1.165, 1.54) is 50.2 Å². The first kappa shape index (κ1) is 14.4. The van der Waals surface area contributed by atoms with Crippen molar-refractivity contribution in [2.24, 2.45) is 0 Å². The van der Waals surface area contributed by atoms with E-state index in [1.54, 1.807) is 5.56 Å². The Kier molecular flexibility index (Phi) is 5.03. The Morgan fingerprint density at radius 2 is 2.20 bits per heavy atom. The highest BCUT2D eigenvalue weighted by Crippen LogP contribution is 2.37. The van der Waals surface area contributed by atoms with Crippen LogP contribution in [0.2, 0.25) is 0 Å². The van der Waals surface area contributed by atoms with Crippen LogP contribution in [0.25, 0.3) is 0 Å². The van der Waals surface area contributed by atoms with Crippen molar-refractivity contribution in [2.75, 3.05) is 26.2 Å². The van der Waals surface area contributed by atoms with Crippen LogP contribution < -0.4 is 5.32 Å². The zero-order valence-corrected chi connectivity index (χ0v) is 13.3. The smallest absolute Gasteiger partial charge is 0.0263 e. The van der Waals surface area contributed by atoms with E-state index >= 15 is 0 Å². The number of benzene rings is 1. The zero-order valence-electron chi connectivity index (χ0n) is 12.5. The molecule has 0 bridgehead atoms. The number of hydrogen-bond donors (Lipinski definition) is 1. The summed E-state index contributed by atoms with van der Waals surface area (Å²) in [4.78, 5) is 4.26. The van der Waals surface area contributed by atoms with E-state index < -0.39 is 0 Å². The van der Waals surface area contributed by atoms with Gasteiger partial charge in [-0.15, -0.1) is 11.8 Å². The van der Waals surface area contributed by atoms with Gasteiger partial charge in [-0.05, 0) is 44.0 Å². The second kappa shape index (κ2) is 6.97. The largest absolute Gasteiger partial charge is 0.315 e. The maximum Gasteiger partial charge on any atom is 0.0263 e. The zero-order chi connectivity index (χ0) is 13.8. The molecule has 1 aromatic carbocycles. The van der Waals surface area contributed by atoms with Crippen molar-refractivity contribution in [3.8, 4) is 0 Å². The molecule has 3 heteroatoms. The fraction of sp³-hybridized carbons (Fsp3) is 0.647. The van der Waals surface area contributed by atoms with Gasteiger partial charge in [-0.3, -0.25) is 4.90 Å². The van der Waals surface area contributed by atoms with Gasteiger partial charge in [0.25, 0.3) is 0 Å². The van der Waals surface area contributed by atoms with Gasteiger partial charge in [0, 0.05) is 29.3 Å². The normalized spacial score (nSPS) is 26.6. The summed E-state index contributed by atoms with van der Waals surface area (Å²) in [6, 6.07) is 9.69. The Hall–Kier alpha value is -0.510. The Balaban J connectivity index is 1.57. The summed E-state index contributed by atoms with van der Waals surface area (Å²) in [5, 5.41) is 4.30. The molecule has 2 aliphatic rings. The van der Waals surface area contributed by atoms with Gasteiger partial charge < -0.3 is 5.32 Å². The predicted octanol–water partition coefficient (Wildman–Crippen LogP) is 3.17. The van der Waals surface area contributed by atoms with Crippen molar-refractivity contribution in [1.29, 1.82) is 0 Å². The maximum absolute atomic E-state index is 3.54. The molecule has 1 N–H and O–H groups in total. The Bertz CT molecular complexity index is 410. The third kappa shape index (κ3) is 3.38. The highest BCUT2D eigenvalue weighted by atomic mass is 32.2. The minimum atomic E-state index is 0.757. The molecule has 2 heterocycles. The van der Waals surface area contributed by atoms with Crippen LogP contribution in [0.15, 0.2) is 29.2 Å². The van der Waals surface area contributed by atoms with E-state index in [0.29, 0.717) is 0 Å². The van der Waals surface area contributed by atoms with E-state index in [1.807, 2.05) is 0 Å². The number of hydrogen-bond acceptors (Lipinski definition) is 3. The third-order valence-corrected chi connectivity index (χ3v) is 5.83. The van der Waals surface area contributed by atoms with Crippen molar-refractivity contribution in [3.05, 3.63) is 29.8 Å². The minimum Gasteiger partial charge on any atom is -0.315 e. The number of nitrogens with one attached hydrogen (secondary N) is 1. The third-order valence-electron chi connectivity index (χ3n) is 4.53. The first-order valence-corrected chi connectivity index (χ1v) is 8.94. The average molecular weight is 290 g/mol. The molecule has 2 nitrogen and oxygen atoms in total. The van der Waals surface area contributed by atoms with Gasteiger partial charge >= 0.3 is 0 Å². The second-order valence-corrected chi connectivity index (χ2v) is 7.35. The van der Waals surface area contributed by atoms with Crippen LogP contribution >= 0.6 is 11.8 Å². The van der Waals surface area contributed by atoms with Crippen LogP contribution in [-0.4, -0.2) is 42.4 Å². The van der Waals surface area contributed by atoms with Crippen LogP contribution in [0.1, 0.15) is 31.7 Å². The summed E-state index contributed by atoms with van der Waals surface area (Å²) in [6.45, 7) is 7.02. The van der Waals surface area contributed by atoms with Gasteiger partial charge in [0.05, 0.1) is 0 Å². The number of rotatable bonds is 5. The molecule has 0 aromatic heterocycles. The molecule has 1 aromatic rings. The molecular formula is C17H26N2S. The van der Waals surface area contributed by atoms with Crippen LogP contribution in [-0.2, 0) is 6.42 Å². The molecule has 2 unspecified atom stereocenters. The molecule has 20 heavy (non-hydrogen) atoms. The average Bonchev–Trinajstić information content (AvgIpc) is 2.88. The number of likely N-dealkylation sites (N-methyl/N-ethyl adjacent to an activating group) is 1. The van der Waals surface area contributed by atoms with Crippen molar-refractivity contribution in [3.63, 3.8) is 0 Å². The Morgan fingerprint density at radius 3 is 3.05 bits per heavy atom. The molecule has 0 saturated carbocycles. The monoisotopic (exact) mass is 290 g/mol. The summed E-state index contributed by atoms with van der Waals surface area (Å²) >= 11 is 2.09. The van der Waals surface area contributed by atoms with Crippen molar-refractivity contribution in [1.82, 2.24) is 10.2 Å². The number of fused-ring (bicyclic) bond motifs is 1. The SMILES string of the molecule is CCNCC1CCCCN1CC1Cc2ccccc2S1. The minimum absolute atomic E-state index is 0.757. The van der Waals surface area contributed by atoms with Gasteiger partial charge in [0.15, 0.2) is 0 Å². The van der Waals surface area contributed by atoms with E-state index in [-0.39, 0.29) is 0 Å². The molecule has 2 aliphatic heterocycles. The molecule has 2 atom stereocenters. The lowest BCUT2D eigenvalue weighted by Gasteiger charge is -2.37. The van der Waals surface area contributed by atoms with Crippen LogP contribution in [0.3, 0.4) is 0 Å². The molecule has 0 radical (unpaired) electrons. The van der Waals surface area contributed by atoms with E-state index in [4.69, 9.17) is 0 Å². The molecule has 3 rings (SSSR count). The first-order valence-electron chi connectivity index (χ1n) is 8.06. The summed E-state index contributed by atoms with van der Waals surface area (Å²) in [5.74, 6) is 0. The molecule has 0 amide bonds. The topological polar surface area (TPSA) is 15.3 Å². The van der Waals surface area contributed by atoms with Crippen molar-refractivity contribution < 1.29 is 0 Å². The van der Waals surface area contributed by atoms with E-state index in [9.17, 15) is 0 Å². The highest BCUT2D eigenvalue weighted by Gasteiger charge is 2.28. The van der Waals surface area contributed by atoms with Gasteiger partial charge in [-0.25, -0.2) is 0 Å². The van der Waals surface area contributed by atoms with E-state index in [0.717, 1.165) is 17.8 Å². The standard InChI is InChI=1S/C17H26N2S/c1-2-18-12-15-8-5-6-10-19(15)13-16-11-14-7-3-4-9-17(14)20-16/h3-4,7,9,15-16,18H,2,5-6,8,10-13H2,1H3. The molecule has 1 saturated heterocycles. The van der Waals surface area contributed by atoms with Crippen LogP contribution in [0, 0.1) is 0 Å². The number of thioether (sulfide) groups is 1. The summed E-state index contributed by atoms with van der Waals surface area (Å²) < 4.78 is 0. The second-order valence-electron chi connectivity index (χ2n) is 6.00. The van der Waals surface area contributed by atoms with Crippen LogP contribution in [0.5, 0.6) is 0 Å². The number of piperidine rings is 1. The molecule has 110 valence electrons. The van der Waals surface area contributed by atoms with Gasteiger partial charge in [-0.1, -0.05) is 31.5 Å². The predicted molar refractivity (Wildman–Crippen MR) is 87.5 cm³/mol. The lowest BCUT2D eigenvalue weighted by Crippen LogP contribution is -2.47. The van der Waals surface area contributed by atoms with Gasteiger partial charge in [0.1, 0.15) is 0 Å². The molecule has 1 fully saturated rings.